The minimum atomic E-state index is 0.973. The topological polar surface area (TPSA) is 28.7 Å². The van der Waals surface area contributed by atoms with Gasteiger partial charge in [0, 0.05) is 0 Å². The molecule has 1 aromatic heterocycles. The van der Waals surface area contributed by atoms with Gasteiger partial charge < -0.3 is 0 Å². The maximum absolute atomic E-state index is 4.26. The zero-order chi connectivity index (χ0) is 6.97. The van der Waals surface area contributed by atoms with Crippen molar-refractivity contribution in [3.63, 3.8) is 0 Å². The number of hydrogen-bond acceptors (Lipinski definition) is 1. The zero-order valence-electron chi connectivity index (χ0n) is 5.09. The summed E-state index contributed by atoms with van der Waals surface area (Å²) < 4.78 is 0.973. The summed E-state index contributed by atoms with van der Waals surface area (Å²) in [6.07, 6.45) is 0. The van der Waals surface area contributed by atoms with Gasteiger partial charge in [-0.15, -0.1) is 0 Å². The van der Waals surface area contributed by atoms with Gasteiger partial charge in [-0.25, -0.2) is 0 Å². The molecule has 0 aliphatic heterocycles. The molecular formula is C7H5IrN2. The number of nitrogens with zero attached hydrogens (tertiary/aromatic N) is 1. The fourth-order valence-electron chi connectivity index (χ4n) is 0.910. The summed E-state index contributed by atoms with van der Waals surface area (Å²) in [4.78, 5) is 7.40. The number of benzene rings is 1. The number of hydrogen-bond donors (Lipinski definition) is 1. The van der Waals surface area contributed by atoms with Crippen LogP contribution in [0, 0.1) is 0 Å². The van der Waals surface area contributed by atoms with E-state index >= 15 is 0 Å². The second-order valence-electron chi connectivity index (χ2n) is 2.02. The average Bonchev–Trinajstić information content (AvgIpc) is 2.27. The number of H-pyrrole nitrogens is 1. The first-order chi connectivity index (χ1) is 4.86. The Morgan fingerprint density at radius 1 is 1.30 bits per heavy atom. The summed E-state index contributed by atoms with van der Waals surface area (Å²) in [5.74, 6) is 0. The normalized spacial score (nSPS) is 10.6. The molecule has 0 fully saturated rings. The van der Waals surface area contributed by atoms with E-state index in [1.54, 1.807) is 0 Å². The molecular weight excluding hydrogens is 304 g/mol. The molecule has 0 unspecified atom stereocenters. The SMILES string of the molecule is [Ir][c]1nc2ccccc2[nH]1. The number of aromatic amines is 1. The van der Waals surface area contributed by atoms with Gasteiger partial charge in [0.1, 0.15) is 0 Å². The molecule has 0 aliphatic rings. The van der Waals surface area contributed by atoms with Gasteiger partial charge in [-0.1, -0.05) is 0 Å². The first-order valence-corrected chi connectivity index (χ1v) is 4.14. The molecule has 52 valence electrons. The van der Waals surface area contributed by atoms with Gasteiger partial charge in [0.05, 0.1) is 0 Å². The van der Waals surface area contributed by atoms with E-state index in [2.05, 4.69) is 9.97 Å². The van der Waals surface area contributed by atoms with Crippen LogP contribution in [-0.2, 0) is 18.9 Å². The standard InChI is InChI=1S/C7H5N2.Ir/c1-2-4-7-6(3-1)8-5-9-7;/h1-4H,(H,8,9);. The van der Waals surface area contributed by atoms with E-state index in [0.717, 1.165) is 15.4 Å². The van der Waals surface area contributed by atoms with Crippen LogP contribution in [0.25, 0.3) is 11.0 Å². The second-order valence-corrected chi connectivity index (χ2v) is 3.16. The van der Waals surface area contributed by atoms with Gasteiger partial charge >= 0.3 is 68.5 Å². The molecule has 0 atom stereocenters. The third kappa shape index (κ3) is 0.877. The Morgan fingerprint density at radius 3 is 2.90 bits per heavy atom. The summed E-state index contributed by atoms with van der Waals surface area (Å²) in [6, 6.07) is 8.01. The molecule has 0 saturated heterocycles. The average molecular weight is 309 g/mol. The van der Waals surface area contributed by atoms with E-state index in [1.165, 1.54) is 0 Å². The fraction of sp³-hybridized carbons (Fsp3) is 0. The van der Waals surface area contributed by atoms with Crippen molar-refractivity contribution in [2.24, 2.45) is 0 Å². The maximum atomic E-state index is 4.26. The van der Waals surface area contributed by atoms with Crippen LogP contribution in [0.2, 0.25) is 0 Å². The minimum absolute atomic E-state index is 0.973. The molecule has 1 N–H and O–H groups in total. The number of rotatable bonds is 0. The summed E-state index contributed by atoms with van der Waals surface area (Å²) in [5.41, 5.74) is 2.15. The molecule has 0 amide bonds. The Morgan fingerprint density at radius 2 is 2.10 bits per heavy atom. The Labute approximate surface area is 68.8 Å². The van der Waals surface area contributed by atoms with E-state index < -0.39 is 0 Å². The third-order valence-electron chi connectivity index (χ3n) is 1.35. The third-order valence-corrected chi connectivity index (χ3v) is 1.92. The number of imidazole rings is 1. The molecule has 1 aromatic carbocycles. The second kappa shape index (κ2) is 2.18. The molecule has 2 rings (SSSR count). The molecule has 3 heteroatoms. The first-order valence-electron chi connectivity index (χ1n) is 2.94. The van der Waals surface area contributed by atoms with E-state index in [-0.39, 0.29) is 0 Å². The Bertz CT molecular complexity index is 320. The van der Waals surface area contributed by atoms with Crippen LogP contribution < -0.4 is 4.34 Å². The van der Waals surface area contributed by atoms with Crippen molar-refractivity contribution >= 4 is 15.4 Å². The molecule has 2 aromatic rings. The first kappa shape index (κ1) is 6.08. The van der Waals surface area contributed by atoms with Gasteiger partial charge in [-0.05, 0) is 0 Å². The Hall–Kier alpha value is -0.661. The van der Waals surface area contributed by atoms with Gasteiger partial charge in [0.15, 0.2) is 0 Å². The number of nitrogens with one attached hydrogen (secondary N) is 1. The monoisotopic (exact) mass is 310 g/mol. The molecule has 0 bridgehead atoms. The Kier molecular flexibility index (Phi) is 1.33. The van der Waals surface area contributed by atoms with Crippen LogP contribution in [0.4, 0.5) is 0 Å². The predicted octanol–water partition coefficient (Wildman–Crippen LogP) is 0.735. The van der Waals surface area contributed by atoms with Crippen LogP contribution in [-0.4, -0.2) is 9.97 Å². The van der Waals surface area contributed by atoms with E-state index in [1.807, 2.05) is 43.2 Å². The van der Waals surface area contributed by atoms with Crippen LogP contribution in [0.5, 0.6) is 0 Å². The zero-order valence-corrected chi connectivity index (χ0v) is 7.49. The van der Waals surface area contributed by atoms with E-state index in [4.69, 9.17) is 0 Å². The molecule has 0 aliphatic carbocycles. The van der Waals surface area contributed by atoms with Crippen molar-refractivity contribution in [3.05, 3.63) is 24.3 Å². The molecule has 10 heavy (non-hydrogen) atoms. The quantitative estimate of drug-likeness (QED) is 0.764. The van der Waals surface area contributed by atoms with E-state index in [9.17, 15) is 0 Å². The van der Waals surface area contributed by atoms with Crippen molar-refractivity contribution in [3.8, 4) is 0 Å². The van der Waals surface area contributed by atoms with Crippen molar-refractivity contribution in [1.82, 2.24) is 9.97 Å². The van der Waals surface area contributed by atoms with Crippen LogP contribution in [0.15, 0.2) is 24.3 Å². The van der Waals surface area contributed by atoms with Gasteiger partial charge in [0.2, 0.25) is 0 Å². The molecule has 0 radical (unpaired) electrons. The van der Waals surface area contributed by atoms with Crippen molar-refractivity contribution in [1.29, 1.82) is 0 Å². The molecule has 2 nitrogen and oxygen atoms in total. The van der Waals surface area contributed by atoms with Gasteiger partial charge in [-0.2, -0.15) is 0 Å². The molecule has 0 saturated carbocycles. The van der Waals surface area contributed by atoms with Crippen LogP contribution in [0.3, 0.4) is 0 Å². The van der Waals surface area contributed by atoms with Crippen molar-refractivity contribution in [2.75, 3.05) is 0 Å². The van der Waals surface area contributed by atoms with E-state index in [0.29, 0.717) is 0 Å². The van der Waals surface area contributed by atoms with Gasteiger partial charge in [-0.3, -0.25) is 0 Å². The van der Waals surface area contributed by atoms with Gasteiger partial charge in [0.25, 0.3) is 0 Å². The van der Waals surface area contributed by atoms with Crippen LogP contribution in [0.1, 0.15) is 0 Å². The summed E-state index contributed by atoms with van der Waals surface area (Å²) in [6.45, 7) is 0. The number of fused-ring (bicyclic) bond motifs is 1. The summed E-state index contributed by atoms with van der Waals surface area (Å²) in [5, 5.41) is 0. The number of aromatic nitrogens is 2. The predicted molar refractivity (Wildman–Crippen MR) is 35.7 cm³/mol. The van der Waals surface area contributed by atoms with Crippen molar-refractivity contribution in [2.45, 2.75) is 0 Å². The fourth-order valence-corrected chi connectivity index (χ4v) is 1.52. The molecule has 1 heterocycles. The molecule has 0 spiro atoms. The number of para-hydroxylation sites is 2. The van der Waals surface area contributed by atoms with Crippen molar-refractivity contribution < 1.29 is 18.9 Å². The summed E-state index contributed by atoms with van der Waals surface area (Å²) in [7, 11) is 0. The summed E-state index contributed by atoms with van der Waals surface area (Å²) >= 11 is 1.96. The van der Waals surface area contributed by atoms with Crippen LogP contribution >= 0.6 is 0 Å². The Balaban J connectivity index is 2.88.